The Morgan fingerprint density at radius 2 is 1.32 bits per heavy atom. The Morgan fingerprint density at radius 3 is 1.86 bits per heavy atom. The maximum absolute atomic E-state index is 13.4. The number of hydrogen-bond donors (Lipinski definition) is 8. The molecule has 0 radical (unpaired) electrons. The number of amides is 2. The molecule has 3 aromatic rings. The van der Waals surface area contributed by atoms with Crippen LogP contribution >= 0.6 is 11.3 Å². The molecular weight excluding hydrogens is 706 g/mol. The maximum atomic E-state index is 13.4. The van der Waals surface area contributed by atoms with E-state index in [1.807, 2.05) is 0 Å². The zero-order valence-corrected chi connectivity index (χ0v) is 27.9. The van der Waals surface area contributed by atoms with E-state index in [1.165, 1.54) is 9.80 Å². The third kappa shape index (κ3) is 13.1. The molecule has 23 heteroatoms. The van der Waals surface area contributed by atoms with Gasteiger partial charge >= 0.3 is 23.9 Å². The molecule has 50 heavy (non-hydrogen) atoms. The molecule has 1 aromatic carbocycles. The number of aromatic amines is 1. The van der Waals surface area contributed by atoms with Crippen LogP contribution in [0, 0.1) is 0 Å². The highest BCUT2D eigenvalue weighted by Gasteiger charge is 2.27. The topological polar surface area (TPSA) is 319 Å². The van der Waals surface area contributed by atoms with Gasteiger partial charge in [0.15, 0.2) is 0 Å². The highest BCUT2D eigenvalue weighted by molar-refractivity contribution is 7.91. The average molecular weight is 742 g/mol. The summed E-state index contributed by atoms with van der Waals surface area (Å²) < 4.78 is 22.7. The van der Waals surface area contributed by atoms with Gasteiger partial charge in [-0.1, -0.05) is 29.5 Å². The Bertz CT molecular complexity index is 1800. The first-order chi connectivity index (χ1) is 23.5. The third-order valence-electron chi connectivity index (χ3n) is 6.90. The van der Waals surface area contributed by atoms with Crippen LogP contribution in [0.15, 0.2) is 34.8 Å². The lowest BCUT2D eigenvalue weighted by Gasteiger charge is -2.28. The number of carbonyl (C=O) groups excluding carboxylic acids is 2. The molecular formula is C27H35N9O12S2. The van der Waals surface area contributed by atoms with E-state index in [9.17, 15) is 47.4 Å². The number of nitrogens with one attached hydrogen (secondary N) is 3. The van der Waals surface area contributed by atoms with Crippen LogP contribution < -0.4 is 15.8 Å². The summed E-state index contributed by atoms with van der Waals surface area (Å²) in [6.45, 7) is -3.48. The number of sulfonamides is 1. The molecule has 0 saturated heterocycles. The molecule has 272 valence electrons. The zero-order valence-electron chi connectivity index (χ0n) is 26.2. The standard InChI is InChI=1S/C27H35N9O12S2/c28-50(47,48)27-33-32-26(49-27)31-25(46)19(9-16-10-29-18-4-2-1-3-17(16)18)30-20(37)11-35(13-22(40)41)7-5-34(12-21(38)39)6-8-36(14-23(42)43)15-24(44)45/h1-4,10,19,29H,5-9,11-15H2,(H,30,37)(H,38,39)(H,40,41)(H,42,43)(H,44,45)(H2,28,47,48)(H,31,32,46)/t19-/m0/s1. The van der Waals surface area contributed by atoms with Crippen molar-refractivity contribution < 1.29 is 57.6 Å². The number of carboxylic acids is 4. The lowest BCUT2D eigenvalue weighted by Crippen LogP contribution is -2.50. The summed E-state index contributed by atoms with van der Waals surface area (Å²) >= 11 is 0.490. The lowest BCUT2D eigenvalue weighted by molar-refractivity contribution is -0.143. The number of anilines is 1. The van der Waals surface area contributed by atoms with E-state index in [4.69, 9.17) is 15.4 Å². The van der Waals surface area contributed by atoms with Crippen LogP contribution in [0.1, 0.15) is 5.56 Å². The molecule has 0 unspecified atom stereocenters. The molecule has 3 rings (SSSR count). The van der Waals surface area contributed by atoms with Crippen molar-refractivity contribution in [2.24, 2.45) is 5.14 Å². The largest absolute Gasteiger partial charge is 0.480 e. The van der Waals surface area contributed by atoms with Gasteiger partial charge in [-0.2, -0.15) is 0 Å². The van der Waals surface area contributed by atoms with Gasteiger partial charge in [-0.15, -0.1) is 10.2 Å². The Hall–Kier alpha value is -5.07. The van der Waals surface area contributed by atoms with E-state index < -0.39 is 88.8 Å². The Balaban J connectivity index is 1.75. The number of benzene rings is 1. The second-order valence-corrected chi connectivity index (χ2v) is 13.6. The molecule has 9 N–H and O–H groups in total. The molecule has 0 aliphatic carbocycles. The number of para-hydroxylation sites is 1. The number of H-pyrrole nitrogens is 1. The normalized spacial score (nSPS) is 12.3. The maximum Gasteiger partial charge on any atom is 0.317 e. The number of nitrogens with two attached hydrogens (primary N) is 1. The lowest BCUT2D eigenvalue weighted by atomic mass is 10.0. The smallest absolute Gasteiger partial charge is 0.317 e. The highest BCUT2D eigenvalue weighted by atomic mass is 32.2. The summed E-state index contributed by atoms with van der Waals surface area (Å²) in [4.78, 5) is 78.7. The van der Waals surface area contributed by atoms with Crippen LogP contribution in [0.2, 0.25) is 0 Å². The predicted molar refractivity (Wildman–Crippen MR) is 174 cm³/mol. The molecule has 21 nitrogen and oxygen atoms in total. The van der Waals surface area contributed by atoms with E-state index in [0.29, 0.717) is 16.9 Å². The van der Waals surface area contributed by atoms with Gasteiger partial charge in [-0.25, -0.2) is 13.6 Å². The van der Waals surface area contributed by atoms with Gasteiger partial charge in [-0.3, -0.25) is 48.8 Å². The summed E-state index contributed by atoms with van der Waals surface area (Å²) in [6.07, 6.45) is 1.58. The molecule has 0 saturated carbocycles. The van der Waals surface area contributed by atoms with Gasteiger partial charge in [0.25, 0.3) is 10.0 Å². The fourth-order valence-electron chi connectivity index (χ4n) is 4.77. The first-order valence-corrected chi connectivity index (χ1v) is 16.9. The molecule has 2 aromatic heterocycles. The Labute approximate surface area is 287 Å². The predicted octanol–water partition coefficient (Wildman–Crippen LogP) is -2.42. The van der Waals surface area contributed by atoms with Crippen molar-refractivity contribution >= 4 is 73.1 Å². The summed E-state index contributed by atoms with van der Waals surface area (Å²) in [5.41, 5.74) is 1.39. The molecule has 0 fully saturated rings. The van der Waals surface area contributed by atoms with Crippen LogP contribution in [-0.4, -0.2) is 159 Å². The van der Waals surface area contributed by atoms with Crippen molar-refractivity contribution in [2.75, 3.05) is 64.2 Å². The fourth-order valence-corrected chi connectivity index (χ4v) is 6.11. The van der Waals surface area contributed by atoms with Crippen LogP contribution in [0.4, 0.5) is 5.13 Å². The van der Waals surface area contributed by atoms with Gasteiger partial charge in [0.05, 0.1) is 32.7 Å². The van der Waals surface area contributed by atoms with Crippen molar-refractivity contribution in [3.8, 4) is 0 Å². The number of nitrogens with zero attached hydrogens (tertiary/aromatic N) is 5. The number of rotatable bonds is 22. The second kappa shape index (κ2) is 18.1. The van der Waals surface area contributed by atoms with Gasteiger partial charge in [-0.05, 0) is 11.6 Å². The van der Waals surface area contributed by atoms with Crippen LogP contribution in [0.25, 0.3) is 10.9 Å². The Kier molecular flexibility index (Phi) is 14.2. The summed E-state index contributed by atoms with van der Waals surface area (Å²) in [5.74, 6) is -6.73. The molecule has 0 spiro atoms. The third-order valence-corrected chi connectivity index (χ3v) is 9.05. The summed E-state index contributed by atoms with van der Waals surface area (Å²) in [6, 6.07) is 5.88. The van der Waals surface area contributed by atoms with Crippen molar-refractivity contribution in [3.63, 3.8) is 0 Å². The summed E-state index contributed by atoms with van der Waals surface area (Å²) in [5, 5.41) is 54.6. The van der Waals surface area contributed by atoms with E-state index in [1.54, 1.807) is 30.5 Å². The van der Waals surface area contributed by atoms with E-state index in [2.05, 4.69) is 25.8 Å². The number of fused-ring (bicyclic) bond motifs is 1. The van der Waals surface area contributed by atoms with E-state index in [-0.39, 0.29) is 37.7 Å². The van der Waals surface area contributed by atoms with Gasteiger partial charge in [0.2, 0.25) is 21.3 Å². The number of aliphatic carboxylic acids is 4. The number of aromatic nitrogens is 3. The zero-order chi connectivity index (χ0) is 37.0. The minimum Gasteiger partial charge on any atom is -0.480 e. The number of carboxylic acid groups (broad SMARTS) is 4. The van der Waals surface area contributed by atoms with Gasteiger partial charge < -0.3 is 30.7 Å². The van der Waals surface area contributed by atoms with Gasteiger partial charge in [0.1, 0.15) is 6.04 Å². The van der Waals surface area contributed by atoms with Crippen molar-refractivity contribution in [3.05, 3.63) is 36.0 Å². The van der Waals surface area contributed by atoms with Crippen LogP contribution in [-0.2, 0) is 45.2 Å². The molecule has 2 heterocycles. The molecule has 0 aliphatic heterocycles. The Morgan fingerprint density at radius 1 is 0.800 bits per heavy atom. The van der Waals surface area contributed by atoms with Crippen molar-refractivity contribution in [2.45, 2.75) is 16.8 Å². The average Bonchev–Trinajstić information content (AvgIpc) is 3.64. The molecule has 1 atom stereocenters. The SMILES string of the molecule is NS(=O)(=O)c1nnc(NC(=O)[C@H](Cc2c[nH]c3ccccc23)NC(=O)CN(CCN(CCN(CC(=O)O)CC(=O)O)CC(=O)O)CC(=O)O)s1. The first kappa shape index (κ1) is 39.4. The van der Waals surface area contributed by atoms with E-state index >= 15 is 0 Å². The monoisotopic (exact) mass is 741 g/mol. The number of primary sulfonamides is 1. The molecule has 0 bridgehead atoms. The van der Waals surface area contributed by atoms with Gasteiger partial charge in [0, 0.05) is 49.7 Å². The fraction of sp³-hybridized carbons (Fsp3) is 0.407. The van der Waals surface area contributed by atoms with E-state index in [0.717, 1.165) is 15.8 Å². The van der Waals surface area contributed by atoms with Crippen molar-refractivity contribution in [1.82, 2.24) is 35.2 Å². The number of carbonyl (C=O) groups is 6. The molecule has 0 aliphatic rings. The molecule has 2 amide bonds. The highest BCUT2D eigenvalue weighted by Crippen LogP contribution is 2.21. The van der Waals surface area contributed by atoms with Crippen LogP contribution in [0.5, 0.6) is 0 Å². The van der Waals surface area contributed by atoms with Crippen LogP contribution in [0.3, 0.4) is 0 Å². The second-order valence-electron chi connectivity index (χ2n) is 10.9. The minimum absolute atomic E-state index is 0.0586. The number of hydrogen-bond acceptors (Lipinski definition) is 14. The first-order valence-electron chi connectivity index (χ1n) is 14.6. The van der Waals surface area contributed by atoms with Crippen molar-refractivity contribution in [1.29, 1.82) is 0 Å². The minimum atomic E-state index is -4.20. The summed E-state index contributed by atoms with van der Waals surface area (Å²) in [7, 11) is -4.20. The quantitative estimate of drug-likeness (QED) is 0.0497.